The quantitative estimate of drug-likeness (QED) is 0.646. The van der Waals surface area contributed by atoms with Gasteiger partial charge in [-0.2, -0.15) is 0 Å². The van der Waals surface area contributed by atoms with Crippen LogP contribution >= 0.6 is 11.3 Å². The molecule has 0 radical (unpaired) electrons. The average Bonchev–Trinajstić information content (AvgIpc) is 2.97. The van der Waals surface area contributed by atoms with Gasteiger partial charge in [-0.05, 0) is 38.1 Å². The van der Waals surface area contributed by atoms with E-state index in [0.717, 1.165) is 11.3 Å². The molecule has 11 heteroatoms. The van der Waals surface area contributed by atoms with Crippen molar-refractivity contribution in [2.24, 2.45) is 0 Å². The number of anilines is 1. The number of hydrogen-bond donors (Lipinski definition) is 3. The molecule has 0 fully saturated rings. The largest absolute Gasteiger partial charge is 0.389 e. The molecule has 0 spiro atoms. The van der Waals surface area contributed by atoms with Crippen LogP contribution in [0.4, 0.5) is 5.13 Å². The van der Waals surface area contributed by atoms with Gasteiger partial charge in [0, 0.05) is 18.1 Å². The number of thiazole rings is 1. The monoisotopic (exact) mass is 391 g/mol. The lowest BCUT2D eigenvalue weighted by Gasteiger charge is -2.17. The van der Waals surface area contributed by atoms with Crippen molar-refractivity contribution in [1.29, 1.82) is 0 Å². The minimum absolute atomic E-state index is 0.0841. The average molecular weight is 391 g/mol. The molecular formula is C13H17N3O5S3. The zero-order valence-corrected chi connectivity index (χ0v) is 15.4. The number of sulfonamides is 2. The van der Waals surface area contributed by atoms with E-state index in [0.29, 0.717) is 0 Å². The lowest BCUT2D eigenvalue weighted by molar-refractivity contribution is 0.0857. The molecule has 1 aromatic heterocycles. The normalized spacial score (nSPS) is 13.0. The van der Waals surface area contributed by atoms with E-state index in [2.05, 4.69) is 14.4 Å². The highest BCUT2D eigenvalue weighted by Gasteiger charge is 2.21. The summed E-state index contributed by atoms with van der Waals surface area (Å²) in [6.45, 7) is 2.77. The van der Waals surface area contributed by atoms with Crippen molar-refractivity contribution >= 4 is 36.5 Å². The third-order valence-electron chi connectivity index (χ3n) is 2.79. The first-order valence-corrected chi connectivity index (χ1v) is 10.6. The Hall–Kier alpha value is -1.53. The van der Waals surface area contributed by atoms with E-state index in [4.69, 9.17) is 0 Å². The summed E-state index contributed by atoms with van der Waals surface area (Å²) in [5.74, 6) is 0. The van der Waals surface area contributed by atoms with E-state index in [1.165, 1.54) is 44.3 Å². The molecular weight excluding hydrogens is 374 g/mol. The number of aromatic nitrogens is 1. The maximum Gasteiger partial charge on any atom is 0.263 e. The molecule has 1 heterocycles. The van der Waals surface area contributed by atoms with Crippen LogP contribution in [-0.2, 0) is 20.0 Å². The van der Waals surface area contributed by atoms with Crippen molar-refractivity contribution in [3.8, 4) is 0 Å². The van der Waals surface area contributed by atoms with E-state index < -0.39 is 25.6 Å². The van der Waals surface area contributed by atoms with Crippen LogP contribution in [0.3, 0.4) is 0 Å². The first-order chi connectivity index (χ1) is 11.0. The fourth-order valence-corrected chi connectivity index (χ4v) is 4.59. The predicted octanol–water partition coefficient (Wildman–Crippen LogP) is 0.993. The molecule has 0 bridgehead atoms. The van der Waals surface area contributed by atoms with Gasteiger partial charge in [-0.25, -0.2) is 26.5 Å². The van der Waals surface area contributed by atoms with Crippen LogP contribution < -0.4 is 9.44 Å². The van der Waals surface area contributed by atoms with Crippen LogP contribution in [0.5, 0.6) is 0 Å². The Morgan fingerprint density at radius 1 is 1.08 bits per heavy atom. The van der Waals surface area contributed by atoms with Crippen LogP contribution in [0, 0.1) is 0 Å². The van der Waals surface area contributed by atoms with Gasteiger partial charge in [-0.3, -0.25) is 4.72 Å². The summed E-state index contributed by atoms with van der Waals surface area (Å²) in [7, 11) is -7.68. The Morgan fingerprint density at radius 2 is 1.62 bits per heavy atom. The summed E-state index contributed by atoms with van der Waals surface area (Å²) in [5, 5.41) is 11.4. The Balaban J connectivity index is 2.18. The molecule has 0 amide bonds. The minimum atomic E-state index is -3.84. The smallest absolute Gasteiger partial charge is 0.263 e. The molecule has 0 aliphatic heterocycles. The second-order valence-corrected chi connectivity index (χ2v) is 9.90. The zero-order valence-electron chi connectivity index (χ0n) is 12.9. The van der Waals surface area contributed by atoms with Gasteiger partial charge in [-0.15, -0.1) is 11.3 Å². The SMILES string of the molecule is CC(C)(O)CNS(=O)(=O)c1ccc(S(=O)(=O)Nc2nccs2)cc1. The fraction of sp³-hybridized carbons (Fsp3) is 0.308. The molecule has 2 aromatic rings. The molecule has 0 saturated heterocycles. The number of nitrogens with one attached hydrogen (secondary N) is 2. The highest BCUT2D eigenvalue weighted by Crippen LogP contribution is 2.19. The van der Waals surface area contributed by atoms with E-state index in [1.807, 2.05) is 0 Å². The summed E-state index contributed by atoms with van der Waals surface area (Å²) < 4.78 is 53.1. The van der Waals surface area contributed by atoms with Crippen molar-refractivity contribution in [3.63, 3.8) is 0 Å². The topological polar surface area (TPSA) is 125 Å². The Bertz CT molecular complexity index is 883. The summed E-state index contributed by atoms with van der Waals surface area (Å²) in [4.78, 5) is 3.65. The number of nitrogens with zero attached hydrogens (tertiary/aromatic N) is 1. The lowest BCUT2D eigenvalue weighted by Crippen LogP contribution is -2.38. The summed E-state index contributed by atoms with van der Waals surface area (Å²) in [6.07, 6.45) is 1.46. The Kier molecular flexibility index (Phi) is 5.30. The standard InChI is InChI=1S/C13H17N3O5S3/c1-13(2,17)9-15-23(18,19)10-3-5-11(6-4-10)24(20,21)16-12-14-7-8-22-12/h3-8,15,17H,9H2,1-2H3,(H,14,16). The highest BCUT2D eigenvalue weighted by atomic mass is 32.2. The Labute approximate surface area is 144 Å². The Morgan fingerprint density at radius 3 is 2.08 bits per heavy atom. The molecule has 0 unspecified atom stereocenters. The number of rotatable bonds is 7. The van der Waals surface area contributed by atoms with E-state index in [-0.39, 0.29) is 21.5 Å². The first-order valence-electron chi connectivity index (χ1n) is 6.74. The second kappa shape index (κ2) is 6.76. The van der Waals surface area contributed by atoms with Crippen LogP contribution in [0.15, 0.2) is 45.6 Å². The predicted molar refractivity (Wildman–Crippen MR) is 90.9 cm³/mol. The first kappa shape index (κ1) is 18.8. The van der Waals surface area contributed by atoms with Gasteiger partial charge < -0.3 is 5.11 Å². The number of benzene rings is 1. The van der Waals surface area contributed by atoms with Crippen molar-refractivity contribution in [3.05, 3.63) is 35.8 Å². The molecule has 2 rings (SSSR count). The van der Waals surface area contributed by atoms with Gasteiger partial charge in [0.05, 0.1) is 15.4 Å². The van der Waals surface area contributed by atoms with Crippen molar-refractivity contribution in [2.45, 2.75) is 29.2 Å². The van der Waals surface area contributed by atoms with Crippen LogP contribution in [0.1, 0.15) is 13.8 Å². The summed E-state index contributed by atoms with van der Waals surface area (Å²) >= 11 is 1.13. The van der Waals surface area contributed by atoms with Gasteiger partial charge in [0.2, 0.25) is 10.0 Å². The second-order valence-electron chi connectivity index (χ2n) is 5.55. The van der Waals surface area contributed by atoms with Gasteiger partial charge in [0.1, 0.15) is 0 Å². The minimum Gasteiger partial charge on any atom is -0.389 e. The van der Waals surface area contributed by atoms with E-state index in [9.17, 15) is 21.9 Å². The van der Waals surface area contributed by atoms with Gasteiger partial charge in [0.25, 0.3) is 10.0 Å². The summed E-state index contributed by atoms with van der Waals surface area (Å²) in [6, 6.07) is 4.75. The molecule has 24 heavy (non-hydrogen) atoms. The van der Waals surface area contributed by atoms with E-state index in [1.54, 1.807) is 5.38 Å². The van der Waals surface area contributed by atoms with Crippen molar-refractivity contribution < 1.29 is 21.9 Å². The third kappa shape index (κ3) is 4.98. The van der Waals surface area contributed by atoms with Gasteiger partial charge in [-0.1, -0.05) is 0 Å². The van der Waals surface area contributed by atoms with Crippen molar-refractivity contribution in [1.82, 2.24) is 9.71 Å². The molecule has 0 atom stereocenters. The maximum atomic E-state index is 12.2. The number of aliphatic hydroxyl groups is 1. The fourth-order valence-electron chi connectivity index (χ4n) is 1.60. The molecule has 132 valence electrons. The molecule has 1 aromatic carbocycles. The van der Waals surface area contributed by atoms with Gasteiger partial charge in [0.15, 0.2) is 5.13 Å². The van der Waals surface area contributed by atoms with Crippen LogP contribution in [0.2, 0.25) is 0 Å². The maximum absolute atomic E-state index is 12.2. The van der Waals surface area contributed by atoms with Gasteiger partial charge >= 0.3 is 0 Å². The van der Waals surface area contributed by atoms with E-state index >= 15 is 0 Å². The zero-order chi connectivity index (χ0) is 18.0. The molecule has 0 aliphatic carbocycles. The molecule has 3 N–H and O–H groups in total. The highest BCUT2D eigenvalue weighted by molar-refractivity contribution is 7.93. The van der Waals surface area contributed by atoms with Crippen LogP contribution in [0.25, 0.3) is 0 Å². The molecule has 0 saturated carbocycles. The number of hydrogen-bond acceptors (Lipinski definition) is 7. The summed E-state index contributed by atoms with van der Waals surface area (Å²) in [5.41, 5.74) is -1.20. The lowest BCUT2D eigenvalue weighted by atomic mass is 10.1. The van der Waals surface area contributed by atoms with Crippen LogP contribution in [-0.4, -0.2) is 39.1 Å². The molecule has 0 aliphatic rings. The van der Waals surface area contributed by atoms with Crippen molar-refractivity contribution in [2.75, 3.05) is 11.3 Å². The third-order valence-corrected chi connectivity index (χ3v) is 6.38. The molecule has 8 nitrogen and oxygen atoms in total.